The smallest absolute Gasteiger partial charge is 0.228 e. The van der Waals surface area contributed by atoms with Gasteiger partial charge in [0.2, 0.25) is 8.32 Å². The van der Waals surface area contributed by atoms with Crippen molar-refractivity contribution in [3.8, 4) is 0 Å². The van der Waals surface area contributed by atoms with Crippen molar-refractivity contribution < 1.29 is 4.53 Å². The minimum absolute atomic E-state index is 0.193. The number of allylic oxidation sites excluding steroid dienone is 1. The van der Waals surface area contributed by atoms with E-state index in [9.17, 15) is 0 Å². The van der Waals surface area contributed by atoms with E-state index in [1.807, 2.05) is 31.3 Å². The molecule has 0 saturated heterocycles. The third-order valence-electron chi connectivity index (χ3n) is 3.85. The lowest BCUT2D eigenvalue weighted by molar-refractivity contribution is 0.217. The van der Waals surface area contributed by atoms with Gasteiger partial charge in [-0.2, -0.15) is 0 Å². The van der Waals surface area contributed by atoms with Crippen molar-refractivity contribution in [3.63, 3.8) is 0 Å². The average molecular weight is 305 g/mol. The van der Waals surface area contributed by atoms with Gasteiger partial charge >= 0.3 is 0 Å². The van der Waals surface area contributed by atoms with Crippen LogP contribution in [0.5, 0.6) is 0 Å². The molecule has 1 rings (SSSR count). The number of nitrogens with one attached hydrogen (secondary N) is 1. The van der Waals surface area contributed by atoms with Gasteiger partial charge in [-0.15, -0.1) is 0 Å². The molecule has 0 saturated carbocycles. The molecule has 4 heteroatoms. The van der Waals surface area contributed by atoms with Gasteiger partial charge in [-0.25, -0.2) is 0 Å². The highest BCUT2D eigenvalue weighted by Crippen LogP contribution is 2.35. The Bertz CT molecular complexity index is 511. The Kier molecular flexibility index (Phi) is 5.93. The quantitative estimate of drug-likeness (QED) is 0.465. The second kappa shape index (κ2) is 7.05. The maximum absolute atomic E-state index is 5.86. The van der Waals surface area contributed by atoms with E-state index in [1.165, 1.54) is 5.56 Å². The molecular formula is C17H28N2OSi. The van der Waals surface area contributed by atoms with Crippen LogP contribution in [0.2, 0.25) is 18.1 Å². The highest BCUT2D eigenvalue weighted by molar-refractivity contribution is 6.74. The normalized spacial score (nSPS) is 13.8. The van der Waals surface area contributed by atoms with Crippen molar-refractivity contribution in [2.45, 2.75) is 52.8 Å². The summed E-state index contributed by atoms with van der Waals surface area (Å²) in [6, 6.07) is 8.17. The summed E-state index contributed by atoms with van der Waals surface area (Å²) in [5.74, 6) is 0. The fourth-order valence-corrected chi connectivity index (χ4v) is 2.02. The number of aliphatic imine (C=N–C) groups is 1. The average Bonchev–Trinajstić information content (AvgIpc) is 2.36. The predicted molar refractivity (Wildman–Crippen MR) is 94.5 cm³/mol. The number of nitrogens with zero attached hydrogens (tertiary/aromatic N) is 1. The van der Waals surface area contributed by atoms with E-state index >= 15 is 0 Å². The number of hydrogen-bond acceptors (Lipinski definition) is 3. The number of benzene rings is 1. The van der Waals surface area contributed by atoms with Crippen LogP contribution < -0.4 is 5.48 Å². The van der Waals surface area contributed by atoms with Crippen molar-refractivity contribution in [2.24, 2.45) is 4.99 Å². The number of hydroxylamine groups is 1. The zero-order valence-corrected chi connectivity index (χ0v) is 15.3. The van der Waals surface area contributed by atoms with Gasteiger partial charge in [0.15, 0.2) is 0 Å². The van der Waals surface area contributed by atoms with Crippen LogP contribution in [0.1, 0.15) is 33.3 Å². The minimum atomic E-state index is -1.76. The van der Waals surface area contributed by atoms with E-state index in [-0.39, 0.29) is 5.04 Å². The first-order chi connectivity index (χ1) is 9.62. The van der Waals surface area contributed by atoms with E-state index in [0.717, 1.165) is 11.4 Å². The van der Waals surface area contributed by atoms with E-state index in [4.69, 9.17) is 4.53 Å². The highest BCUT2D eigenvalue weighted by Gasteiger charge is 2.38. The molecule has 0 bridgehead atoms. The van der Waals surface area contributed by atoms with Gasteiger partial charge in [0.05, 0.1) is 5.69 Å². The molecule has 0 atom stereocenters. The lowest BCUT2D eigenvalue weighted by Crippen LogP contribution is -2.43. The monoisotopic (exact) mass is 304 g/mol. The molecule has 0 heterocycles. The molecule has 0 amide bonds. The minimum Gasteiger partial charge on any atom is -0.322 e. The van der Waals surface area contributed by atoms with Gasteiger partial charge in [-0.3, -0.25) is 10.5 Å². The van der Waals surface area contributed by atoms with E-state index < -0.39 is 8.32 Å². The summed E-state index contributed by atoms with van der Waals surface area (Å²) in [6.07, 6.45) is 3.74. The molecule has 0 spiro atoms. The second-order valence-corrected chi connectivity index (χ2v) is 11.6. The van der Waals surface area contributed by atoms with Crippen LogP contribution in [0, 0.1) is 6.92 Å². The van der Waals surface area contributed by atoms with E-state index in [2.05, 4.69) is 63.4 Å². The summed E-state index contributed by atoms with van der Waals surface area (Å²) in [4.78, 5) is 4.53. The van der Waals surface area contributed by atoms with Gasteiger partial charge in [0, 0.05) is 11.9 Å². The summed E-state index contributed by atoms with van der Waals surface area (Å²) in [5.41, 5.74) is 6.10. The SMILES string of the molecule is CC(/C=C/NO[Si](C)(C)C(C)(C)C)=Nc1ccc(C)cc1. The molecule has 0 radical (unpaired) electrons. The molecule has 0 unspecified atom stereocenters. The van der Waals surface area contributed by atoms with E-state index in [1.54, 1.807) is 0 Å². The molecule has 1 aromatic rings. The fraction of sp³-hybridized carbons (Fsp3) is 0.471. The second-order valence-electron chi connectivity index (χ2n) is 6.90. The van der Waals surface area contributed by atoms with Crippen LogP contribution in [0.4, 0.5) is 5.69 Å². The number of hydrogen-bond donors (Lipinski definition) is 1. The van der Waals surface area contributed by atoms with Crippen LogP contribution in [0.3, 0.4) is 0 Å². The van der Waals surface area contributed by atoms with Crippen LogP contribution in [-0.2, 0) is 4.53 Å². The van der Waals surface area contributed by atoms with Gasteiger partial charge in [0.1, 0.15) is 0 Å². The van der Waals surface area contributed by atoms with Crippen molar-refractivity contribution >= 4 is 19.7 Å². The molecule has 1 aromatic carbocycles. The lowest BCUT2D eigenvalue weighted by Gasteiger charge is -2.34. The Morgan fingerprint density at radius 2 is 1.76 bits per heavy atom. The third-order valence-corrected chi connectivity index (χ3v) is 8.09. The Morgan fingerprint density at radius 1 is 1.19 bits per heavy atom. The Morgan fingerprint density at radius 3 is 2.29 bits per heavy atom. The third kappa shape index (κ3) is 5.85. The zero-order valence-electron chi connectivity index (χ0n) is 14.3. The summed E-state index contributed by atoms with van der Waals surface area (Å²) in [7, 11) is -1.76. The molecule has 0 aliphatic carbocycles. The highest BCUT2D eigenvalue weighted by atomic mass is 28.4. The molecular weight excluding hydrogens is 276 g/mol. The van der Waals surface area contributed by atoms with Crippen molar-refractivity contribution in [2.75, 3.05) is 0 Å². The maximum atomic E-state index is 5.86. The van der Waals surface area contributed by atoms with Crippen LogP contribution >= 0.6 is 0 Å². The summed E-state index contributed by atoms with van der Waals surface area (Å²) in [6.45, 7) is 15.1. The molecule has 116 valence electrons. The lowest BCUT2D eigenvalue weighted by atomic mass is 10.2. The topological polar surface area (TPSA) is 33.6 Å². The first-order valence-electron chi connectivity index (χ1n) is 7.34. The van der Waals surface area contributed by atoms with Crippen molar-refractivity contribution in [1.82, 2.24) is 5.48 Å². The van der Waals surface area contributed by atoms with E-state index in [0.29, 0.717) is 0 Å². The molecule has 0 aromatic heterocycles. The van der Waals surface area contributed by atoms with Crippen molar-refractivity contribution in [1.29, 1.82) is 0 Å². The molecule has 0 fully saturated rings. The summed E-state index contributed by atoms with van der Waals surface area (Å²) in [5, 5.41) is 0.193. The largest absolute Gasteiger partial charge is 0.322 e. The van der Waals surface area contributed by atoms with Crippen molar-refractivity contribution in [3.05, 3.63) is 42.1 Å². The van der Waals surface area contributed by atoms with Gasteiger partial charge in [-0.05, 0) is 50.2 Å². The van der Waals surface area contributed by atoms with Gasteiger partial charge in [-0.1, -0.05) is 38.5 Å². The summed E-state index contributed by atoms with van der Waals surface area (Å²) < 4.78 is 5.86. The van der Waals surface area contributed by atoms with Crippen LogP contribution in [0.25, 0.3) is 0 Å². The first kappa shape index (κ1) is 17.7. The Hall–Kier alpha value is -1.39. The molecule has 21 heavy (non-hydrogen) atoms. The zero-order chi connectivity index (χ0) is 16.1. The molecule has 0 aliphatic heterocycles. The summed E-state index contributed by atoms with van der Waals surface area (Å²) >= 11 is 0. The fourth-order valence-electron chi connectivity index (χ4n) is 1.35. The Labute approximate surface area is 130 Å². The number of aryl methyl sites for hydroxylation is 1. The predicted octanol–water partition coefficient (Wildman–Crippen LogP) is 5.13. The van der Waals surface area contributed by atoms with Crippen LogP contribution in [-0.4, -0.2) is 14.0 Å². The maximum Gasteiger partial charge on any atom is 0.228 e. The molecule has 3 nitrogen and oxygen atoms in total. The standard InChI is InChI=1S/C17H28N2OSi/c1-14-8-10-16(11-9-14)19-15(2)12-13-18-20-21(6,7)17(3,4)5/h8-13,18H,1-7H3/b13-12+,19-15?. The van der Waals surface area contributed by atoms with Crippen LogP contribution in [0.15, 0.2) is 41.5 Å². The Balaban J connectivity index is 2.55. The first-order valence-corrected chi connectivity index (χ1v) is 10.2. The number of rotatable bonds is 5. The van der Waals surface area contributed by atoms with Gasteiger partial charge in [0.25, 0.3) is 0 Å². The molecule has 0 aliphatic rings. The molecule has 1 N–H and O–H groups in total. The van der Waals surface area contributed by atoms with Gasteiger partial charge < -0.3 is 4.53 Å².